The highest BCUT2D eigenvalue weighted by molar-refractivity contribution is 5.79. The van der Waals surface area contributed by atoms with Gasteiger partial charge in [-0.2, -0.15) is 0 Å². The summed E-state index contributed by atoms with van der Waals surface area (Å²) in [6.45, 7) is 3.33. The van der Waals surface area contributed by atoms with E-state index in [0.29, 0.717) is 36.5 Å². The van der Waals surface area contributed by atoms with Gasteiger partial charge in [0.15, 0.2) is 0 Å². The second-order valence-electron chi connectivity index (χ2n) is 7.30. The van der Waals surface area contributed by atoms with E-state index in [4.69, 9.17) is 14.2 Å². The van der Waals surface area contributed by atoms with E-state index in [1.807, 2.05) is 12.1 Å². The number of hydrogen-bond acceptors (Lipinski definition) is 5. The summed E-state index contributed by atoms with van der Waals surface area (Å²) in [6.07, 6.45) is 2.36. The summed E-state index contributed by atoms with van der Waals surface area (Å²) in [4.78, 5) is 18.3. The zero-order valence-corrected chi connectivity index (χ0v) is 18.6. The first-order chi connectivity index (χ1) is 15.6. The molecule has 6 nitrogen and oxygen atoms in total. The average Bonchev–Trinajstić information content (AvgIpc) is 2.81. The molecule has 2 aromatic carbocycles. The smallest absolute Gasteiger partial charge is 0.409 e. The Balaban J connectivity index is 1.48. The fraction of sp³-hybridized carbons (Fsp3) is 0.360. The number of methoxy groups -OCH3 is 1. The normalized spacial score (nSPS) is 10.7. The van der Waals surface area contributed by atoms with Crippen molar-refractivity contribution in [3.63, 3.8) is 0 Å². The number of carbonyl (C=O) groups is 1. The van der Waals surface area contributed by atoms with Crippen molar-refractivity contribution >= 4 is 17.0 Å². The molecule has 0 unspecified atom stereocenters. The van der Waals surface area contributed by atoms with Gasteiger partial charge in [-0.3, -0.25) is 0 Å². The number of rotatable bonds is 11. The average molecular weight is 441 g/mol. The van der Waals surface area contributed by atoms with Crippen LogP contribution in [0.5, 0.6) is 11.6 Å². The quantitative estimate of drug-likeness (QED) is 0.382. The molecular weight excluding hydrogens is 411 g/mol. The molecule has 1 amide bonds. The van der Waals surface area contributed by atoms with E-state index in [9.17, 15) is 9.18 Å². The Morgan fingerprint density at radius 1 is 1.03 bits per heavy atom. The van der Waals surface area contributed by atoms with Crippen LogP contribution in [-0.2, 0) is 11.2 Å². The van der Waals surface area contributed by atoms with Crippen molar-refractivity contribution in [1.82, 2.24) is 9.88 Å². The van der Waals surface area contributed by atoms with Gasteiger partial charge in [-0.05, 0) is 62.1 Å². The number of aromatic nitrogens is 1. The summed E-state index contributed by atoms with van der Waals surface area (Å²) in [6, 6.07) is 16.0. The number of aryl methyl sites for hydroxylation is 1. The van der Waals surface area contributed by atoms with Crippen molar-refractivity contribution in [1.29, 1.82) is 0 Å². The highest BCUT2D eigenvalue weighted by Gasteiger charge is 2.14. The Morgan fingerprint density at radius 3 is 2.59 bits per heavy atom. The van der Waals surface area contributed by atoms with Crippen LogP contribution in [0.4, 0.5) is 9.18 Å². The number of hydrogen-bond donors (Lipinski definition) is 0. The van der Waals surface area contributed by atoms with Gasteiger partial charge in [-0.25, -0.2) is 14.2 Å². The molecule has 7 heteroatoms. The monoisotopic (exact) mass is 440 g/mol. The summed E-state index contributed by atoms with van der Waals surface area (Å²) >= 11 is 0. The van der Waals surface area contributed by atoms with Crippen molar-refractivity contribution in [3.8, 4) is 11.6 Å². The molecular formula is C25H29FN2O4. The van der Waals surface area contributed by atoms with Crippen LogP contribution in [0, 0.1) is 5.82 Å². The predicted molar refractivity (Wildman–Crippen MR) is 122 cm³/mol. The summed E-state index contributed by atoms with van der Waals surface area (Å²) in [5.74, 6) is 0.921. The third-order valence-electron chi connectivity index (χ3n) is 5.09. The summed E-state index contributed by atoms with van der Waals surface area (Å²) in [5, 5.41) is 0.449. The molecule has 0 bridgehead atoms. The Labute approximate surface area is 187 Å². The highest BCUT2D eigenvalue weighted by atomic mass is 19.1. The van der Waals surface area contributed by atoms with Gasteiger partial charge < -0.3 is 19.1 Å². The molecule has 3 aromatic rings. The first kappa shape index (κ1) is 23.3. The van der Waals surface area contributed by atoms with Crippen LogP contribution in [0.3, 0.4) is 0 Å². The minimum absolute atomic E-state index is 0.269. The lowest BCUT2D eigenvalue weighted by Gasteiger charge is -2.22. The zero-order valence-electron chi connectivity index (χ0n) is 18.6. The number of benzene rings is 2. The van der Waals surface area contributed by atoms with E-state index in [1.165, 1.54) is 11.6 Å². The Morgan fingerprint density at radius 2 is 1.84 bits per heavy atom. The second-order valence-corrected chi connectivity index (χ2v) is 7.30. The fourth-order valence-corrected chi connectivity index (χ4v) is 3.37. The van der Waals surface area contributed by atoms with Crippen LogP contribution in [0.1, 0.15) is 25.3 Å². The van der Waals surface area contributed by atoms with E-state index in [2.05, 4.69) is 17.1 Å². The molecule has 0 aliphatic heterocycles. The minimum Gasteiger partial charge on any atom is -0.497 e. The van der Waals surface area contributed by atoms with Crippen molar-refractivity contribution < 1.29 is 23.4 Å². The fourth-order valence-electron chi connectivity index (χ4n) is 3.37. The van der Waals surface area contributed by atoms with Crippen molar-refractivity contribution in [2.75, 3.05) is 33.4 Å². The van der Waals surface area contributed by atoms with E-state index in [1.54, 1.807) is 43.2 Å². The molecule has 1 heterocycles. The van der Waals surface area contributed by atoms with Gasteiger partial charge in [-0.1, -0.05) is 18.2 Å². The van der Waals surface area contributed by atoms with Crippen molar-refractivity contribution in [2.24, 2.45) is 0 Å². The lowest BCUT2D eigenvalue weighted by Crippen LogP contribution is -2.36. The molecule has 0 aliphatic carbocycles. The zero-order chi connectivity index (χ0) is 22.8. The molecule has 32 heavy (non-hydrogen) atoms. The number of pyridine rings is 1. The first-order valence-electron chi connectivity index (χ1n) is 10.8. The van der Waals surface area contributed by atoms with Crippen LogP contribution in [0.2, 0.25) is 0 Å². The Bertz CT molecular complexity index is 1010. The number of carbonyl (C=O) groups excluding carboxylic acids is 1. The number of fused-ring (bicyclic) bond motifs is 1. The van der Waals surface area contributed by atoms with Gasteiger partial charge in [0.1, 0.15) is 18.2 Å². The molecule has 0 fully saturated rings. The standard InChI is InChI=1S/C25H29FN2O4/c1-3-31-25(29)28(16-5-4-7-19-10-12-20(30-2)13-11-19)17-18-32-24-15-14-21-22(26)8-6-9-23(21)27-24/h6,8-15H,3-5,7,16-18H2,1-2H3. The summed E-state index contributed by atoms with van der Waals surface area (Å²) in [7, 11) is 1.65. The van der Waals surface area contributed by atoms with Gasteiger partial charge in [0, 0.05) is 18.0 Å². The molecule has 0 radical (unpaired) electrons. The van der Waals surface area contributed by atoms with E-state index >= 15 is 0 Å². The largest absolute Gasteiger partial charge is 0.497 e. The third kappa shape index (κ3) is 6.57. The first-order valence-corrected chi connectivity index (χ1v) is 10.8. The van der Waals surface area contributed by atoms with Crippen molar-refractivity contribution in [3.05, 3.63) is 66.0 Å². The van der Waals surface area contributed by atoms with Crippen LogP contribution >= 0.6 is 0 Å². The maximum atomic E-state index is 13.8. The highest BCUT2D eigenvalue weighted by Crippen LogP contribution is 2.19. The van der Waals surface area contributed by atoms with Gasteiger partial charge in [-0.15, -0.1) is 0 Å². The number of ether oxygens (including phenoxy) is 3. The van der Waals surface area contributed by atoms with Crippen molar-refractivity contribution in [2.45, 2.75) is 26.2 Å². The maximum absolute atomic E-state index is 13.8. The summed E-state index contributed by atoms with van der Waals surface area (Å²) in [5.41, 5.74) is 1.76. The summed E-state index contributed by atoms with van der Waals surface area (Å²) < 4.78 is 29.9. The van der Waals surface area contributed by atoms with Gasteiger partial charge in [0.05, 0.1) is 25.8 Å². The lowest BCUT2D eigenvalue weighted by molar-refractivity contribution is 0.0993. The van der Waals surface area contributed by atoms with E-state index in [-0.39, 0.29) is 18.5 Å². The molecule has 0 saturated carbocycles. The minimum atomic E-state index is -0.353. The SMILES string of the molecule is CCOC(=O)N(CCCCc1ccc(OC)cc1)CCOc1ccc2c(F)cccc2n1. The number of nitrogens with zero attached hydrogens (tertiary/aromatic N) is 2. The lowest BCUT2D eigenvalue weighted by atomic mass is 10.1. The maximum Gasteiger partial charge on any atom is 0.409 e. The van der Waals surface area contributed by atoms with Crippen LogP contribution < -0.4 is 9.47 Å². The van der Waals surface area contributed by atoms with Crippen LogP contribution in [0.25, 0.3) is 10.9 Å². The second kappa shape index (κ2) is 11.9. The molecule has 1 aromatic heterocycles. The number of unbranched alkanes of at least 4 members (excludes halogenated alkanes) is 1. The molecule has 0 N–H and O–H groups in total. The number of halogens is 1. The van der Waals surface area contributed by atoms with Gasteiger partial charge in [0.25, 0.3) is 0 Å². The predicted octanol–water partition coefficient (Wildman–Crippen LogP) is 5.24. The van der Waals surface area contributed by atoms with Crippen LogP contribution in [0.15, 0.2) is 54.6 Å². The molecule has 0 saturated heterocycles. The topological polar surface area (TPSA) is 60.9 Å². The van der Waals surface area contributed by atoms with E-state index in [0.717, 1.165) is 25.0 Å². The molecule has 0 aliphatic rings. The molecule has 3 rings (SSSR count). The third-order valence-corrected chi connectivity index (χ3v) is 5.09. The van der Waals surface area contributed by atoms with Gasteiger partial charge >= 0.3 is 6.09 Å². The molecule has 0 spiro atoms. The molecule has 0 atom stereocenters. The van der Waals surface area contributed by atoms with E-state index < -0.39 is 0 Å². The Hall–Kier alpha value is -3.35. The van der Waals surface area contributed by atoms with Crippen LogP contribution in [-0.4, -0.2) is 49.4 Å². The Kier molecular flexibility index (Phi) is 8.66. The van der Waals surface area contributed by atoms with Gasteiger partial charge in [0.2, 0.25) is 5.88 Å². The number of amides is 1. The molecule has 170 valence electrons.